The summed E-state index contributed by atoms with van der Waals surface area (Å²) in [7, 11) is 5.87. The van der Waals surface area contributed by atoms with Crippen molar-refractivity contribution in [1.82, 2.24) is 0 Å². The second-order valence-electron chi connectivity index (χ2n) is 12.0. The molecule has 0 radical (unpaired) electrons. The molecule has 0 aromatic heterocycles. The number of ether oxygens (including phenoxy) is 4. The van der Waals surface area contributed by atoms with E-state index < -0.39 is 30.3 Å². The first kappa shape index (κ1) is 37.9. The fraction of sp³-hybridized carbons (Fsp3) is 0.400. The summed E-state index contributed by atoms with van der Waals surface area (Å²) in [5.74, 6) is 0.145. The molecule has 0 aliphatic carbocycles. The van der Waals surface area contributed by atoms with Crippen molar-refractivity contribution in [2.45, 2.75) is 72.6 Å². The van der Waals surface area contributed by atoms with Crippen molar-refractivity contribution in [2.75, 3.05) is 28.4 Å². The van der Waals surface area contributed by atoms with Crippen LogP contribution in [0.15, 0.2) is 54.6 Å². The Hall–Kier alpha value is -3.52. The van der Waals surface area contributed by atoms with E-state index in [1.807, 2.05) is 36.4 Å². The molecule has 3 rings (SSSR count). The maximum atomic E-state index is 12.5. The number of esters is 2. The molecule has 0 fully saturated rings. The molecule has 0 spiro atoms. The summed E-state index contributed by atoms with van der Waals surface area (Å²) in [5.41, 5.74) is 5.05. The first-order chi connectivity index (χ1) is 22.8. The van der Waals surface area contributed by atoms with Crippen molar-refractivity contribution in [3.8, 4) is 11.5 Å². The van der Waals surface area contributed by atoms with Gasteiger partial charge >= 0.3 is 287 Å². The van der Waals surface area contributed by atoms with Crippen LogP contribution in [0.25, 0.3) is 24.3 Å². The van der Waals surface area contributed by atoms with Crippen molar-refractivity contribution in [1.29, 1.82) is 0 Å². The van der Waals surface area contributed by atoms with Crippen molar-refractivity contribution in [3.63, 3.8) is 0 Å². The van der Waals surface area contributed by atoms with Gasteiger partial charge in [0.1, 0.15) is 0 Å². The number of hydrogen-bond acceptors (Lipinski definition) is 6. The van der Waals surface area contributed by atoms with Crippen LogP contribution in [-0.4, -0.2) is 58.8 Å². The Balaban J connectivity index is 2.17. The summed E-state index contributed by atoms with van der Waals surface area (Å²) in [6.07, 6.45) is 15.9. The molecule has 3 aromatic rings. The van der Waals surface area contributed by atoms with Gasteiger partial charge < -0.3 is 0 Å². The Kier molecular flexibility index (Phi) is 15.6. The van der Waals surface area contributed by atoms with Crippen molar-refractivity contribution in [2.24, 2.45) is 0 Å². The summed E-state index contributed by atoms with van der Waals surface area (Å²) >= 11 is -2.90. The molecule has 0 unspecified atom stereocenters. The molecular formula is C40H52O6Sn. The Morgan fingerprint density at radius 3 is 1.38 bits per heavy atom. The summed E-state index contributed by atoms with van der Waals surface area (Å²) in [6, 6.07) is 18.1. The number of carbonyl (C=O) groups is 2. The zero-order valence-corrected chi connectivity index (χ0v) is 32.2. The predicted octanol–water partition coefficient (Wildman–Crippen LogP) is 9.67. The third-order valence-electron chi connectivity index (χ3n) is 8.86. The van der Waals surface area contributed by atoms with Gasteiger partial charge in [0.25, 0.3) is 0 Å². The molecule has 0 aliphatic rings. The Bertz CT molecular complexity index is 1520. The average molecular weight is 748 g/mol. The molecule has 47 heavy (non-hydrogen) atoms. The molecule has 0 saturated carbocycles. The topological polar surface area (TPSA) is 71.1 Å². The zero-order valence-electron chi connectivity index (χ0n) is 29.3. The molecular weight excluding hydrogens is 695 g/mol. The van der Waals surface area contributed by atoms with Crippen LogP contribution in [0.5, 0.6) is 11.5 Å². The van der Waals surface area contributed by atoms with E-state index in [0.29, 0.717) is 22.6 Å². The van der Waals surface area contributed by atoms with Crippen LogP contribution in [0, 0.1) is 0 Å². The van der Waals surface area contributed by atoms with E-state index in [1.54, 1.807) is 23.9 Å². The van der Waals surface area contributed by atoms with Crippen LogP contribution in [-0.2, 0) is 9.47 Å². The second-order valence-corrected chi connectivity index (χ2v) is 25.1. The number of carbonyl (C=O) groups excluding carboxylic acids is 2. The van der Waals surface area contributed by atoms with Crippen molar-refractivity contribution < 1.29 is 28.5 Å². The molecule has 6 nitrogen and oxygen atoms in total. The minimum absolute atomic E-state index is 0.404. The summed E-state index contributed by atoms with van der Waals surface area (Å²) < 4.78 is 26.4. The quantitative estimate of drug-likeness (QED) is 0.0734. The van der Waals surface area contributed by atoms with Crippen LogP contribution in [0.4, 0.5) is 0 Å². The third kappa shape index (κ3) is 10.2. The van der Waals surface area contributed by atoms with Crippen LogP contribution >= 0.6 is 0 Å². The van der Waals surface area contributed by atoms with E-state index in [9.17, 15) is 9.59 Å². The fourth-order valence-corrected chi connectivity index (χ4v) is 23.0. The first-order valence-corrected chi connectivity index (χ1v) is 24.3. The maximum absolute atomic E-state index is 12.5. The van der Waals surface area contributed by atoms with Gasteiger partial charge in [-0.3, -0.25) is 0 Å². The van der Waals surface area contributed by atoms with Gasteiger partial charge in [0, 0.05) is 0 Å². The van der Waals surface area contributed by atoms with Crippen LogP contribution in [0.2, 0.25) is 13.3 Å². The van der Waals surface area contributed by atoms with Crippen molar-refractivity contribution in [3.05, 3.63) is 88.0 Å². The van der Waals surface area contributed by atoms with Gasteiger partial charge in [-0.1, -0.05) is 0 Å². The standard InChI is InChI=1S/C28H25O6.3C4H9.Sn/c1-31-25-15-13-21(17-23(25)27(29)33-3)11-9-19-5-7-20(8-6-19)10-12-22-14-16-26(32-2)24(18-22)28(30)34-4;3*1-3-4-2;/h5-7,9-18H,1-4H3;3*1,3-4H2,2H3;/b11-9+,12-10+;;;;. The fourth-order valence-electron chi connectivity index (χ4n) is 6.18. The van der Waals surface area contributed by atoms with E-state index in [4.69, 9.17) is 18.9 Å². The minimum atomic E-state index is -2.90. The monoisotopic (exact) mass is 748 g/mol. The molecule has 0 heterocycles. The zero-order chi connectivity index (χ0) is 34.2. The number of rotatable bonds is 18. The van der Waals surface area contributed by atoms with Gasteiger partial charge in [0.2, 0.25) is 0 Å². The summed E-state index contributed by atoms with van der Waals surface area (Å²) in [6.45, 7) is 6.91. The molecule has 0 amide bonds. The van der Waals surface area contributed by atoms with Crippen LogP contribution in [0.3, 0.4) is 0 Å². The van der Waals surface area contributed by atoms with E-state index in [-0.39, 0.29) is 0 Å². The van der Waals surface area contributed by atoms with E-state index in [0.717, 1.165) is 16.7 Å². The van der Waals surface area contributed by atoms with E-state index >= 15 is 0 Å². The molecule has 0 aliphatic heterocycles. The van der Waals surface area contributed by atoms with Gasteiger partial charge in [-0.25, -0.2) is 0 Å². The van der Waals surface area contributed by atoms with Gasteiger partial charge in [-0.15, -0.1) is 0 Å². The number of unbranched alkanes of at least 4 members (excludes halogenated alkanes) is 3. The van der Waals surface area contributed by atoms with Gasteiger partial charge in [0.15, 0.2) is 0 Å². The molecule has 0 N–H and O–H groups in total. The summed E-state index contributed by atoms with van der Waals surface area (Å²) in [5, 5.41) is 0. The molecule has 0 saturated heterocycles. The van der Waals surface area contributed by atoms with Gasteiger partial charge in [-0.05, 0) is 0 Å². The number of benzene rings is 3. The average Bonchev–Trinajstić information content (AvgIpc) is 3.12. The van der Waals surface area contributed by atoms with Crippen LogP contribution < -0.4 is 13.1 Å². The molecule has 3 aromatic carbocycles. The Labute approximate surface area is 286 Å². The molecule has 7 heteroatoms. The van der Waals surface area contributed by atoms with E-state index in [2.05, 4.69) is 57.2 Å². The first-order valence-electron chi connectivity index (χ1n) is 16.8. The molecule has 252 valence electrons. The Morgan fingerprint density at radius 1 is 0.574 bits per heavy atom. The molecule has 0 bridgehead atoms. The normalized spacial score (nSPS) is 11.6. The SMILES string of the molecule is CCC[CH2][Sn]([CH2]CCC)([CH2]CCC)[c]1cc(/C=C/c2ccc(OC)c(C(=O)OC)c2)ccc1/C=C/c1ccc(OC)c(C(=O)OC)c1. The Morgan fingerprint density at radius 2 is 0.979 bits per heavy atom. The van der Waals surface area contributed by atoms with Gasteiger partial charge in [0.05, 0.1) is 0 Å². The third-order valence-corrected chi connectivity index (χ3v) is 24.6. The second kappa shape index (κ2) is 19.3. The van der Waals surface area contributed by atoms with Crippen molar-refractivity contribution >= 4 is 58.2 Å². The van der Waals surface area contributed by atoms with Crippen LogP contribution in [0.1, 0.15) is 102 Å². The molecule has 0 atom stereocenters. The number of hydrogen-bond donors (Lipinski definition) is 0. The number of methoxy groups -OCH3 is 4. The van der Waals surface area contributed by atoms with Gasteiger partial charge in [-0.2, -0.15) is 0 Å². The predicted molar refractivity (Wildman–Crippen MR) is 197 cm³/mol. The summed E-state index contributed by atoms with van der Waals surface area (Å²) in [4.78, 5) is 24.8. The van der Waals surface area contributed by atoms with E-state index in [1.165, 1.54) is 71.6 Å².